The fourth-order valence-electron chi connectivity index (χ4n) is 4.06. The number of nitrogens with one attached hydrogen (secondary N) is 1. The van der Waals surface area contributed by atoms with Gasteiger partial charge in [0.25, 0.3) is 0 Å². The first-order valence-corrected chi connectivity index (χ1v) is 7.62. The highest BCUT2D eigenvalue weighted by Gasteiger charge is 2.55. The minimum Gasteiger partial charge on any atom is -0.310 e. The van der Waals surface area contributed by atoms with E-state index in [9.17, 15) is 0 Å². The van der Waals surface area contributed by atoms with Gasteiger partial charge in [0.15, 0.2) is 0 Å². The Hall–Kier alpha value is -0.820. The largest absolute Gasteiger partial charge is 0.310 e. The lowest BCUT2D eigenvalue weighted by Gasteiger charge is -2.22. The van der Waals surface area contributed by atoms with Gasteiger partial charge in [-0.3, -0.25) is 0 Å². The van der Waals surface area contributed by atoms with E-state index < -0.39 is 0 Å². The molecule has 0 spiro atoms. The van der Waals surface area contributed by atoms with Gasteiger partial charge in [-0.1, -0.05) is 37.6 Å². The third kappa shape index (κ3) is 2.09. The van der Waals surface area contributed by atoms with Crippen LogP contribution in [0, 0.1) is 24.7 Å². The van der Waals surface area contributed by atoms with E-state index in [0.717, 1.165) is 24.3 Å². The molecule has 2 aliphatic rings. The van der Waals surface area contributed by atoms with Crippen LogP contribution in [0.5, 0.6) is 0 Å². The molecule has 0 heterocycles. The summed E-state index contributed by atoms with van der Waals surface area (Å²) in [6.07, 6.45) is 5.65. The predicted octanol–water partition coefficient (Wildman–Crippen LogP) is 4.08. The van der Waals surface area contributed by atoms with Crippen molar-refractivity contribution in [2.45, 2.75) is 45.6 Å². The summed E-state index contributed by atoms with van der Waals surface area (Å²) in [6, 6.07) is 9.55. The van der Waals surface area contributed by atoms with Crippen molar-refractivity contribution in [2.75, 3.05) is 6.54 Å². The Balaban J connectivity index is 1.80. The summed E-state index contributed by atoms with van der Waals surface area (Å²) in [5, 5.41) is 3.82. The first-order valence-electron chi connectivity index (χ1n) is 7.62. The zero-order chi connectivity index (χ0) is 12.5. The first kappa shape index (κ1) is 12.2. The Labute approximate surface area is 111 Å². The van der Waals surface area contributed by atoms with Crippen LogP contribution in [0.4, 0.5) is 0 Å². The Morgan fingerprint density at radius 1 is 1.22 bits per heavy atom. The SMILES string of the molecule is CCCNC(c1ccccc1C)C1C2CCCC21. The molecule has 1 nitrogen and oxygen atoms in total. The third-order valence-electron chi connectivity index (χ3n) is 5.00. The van der Waals surface area contributed by atoms with Crippen molar-refractivity contribution in [3.05, 3.63) is 35.4 Å². The van der Waals surface area contributed by atoms with Crippen molar-refractivity contribution in [3.8, 4) is 0 Å². The number of fused-ring (bicyclic) bond motifs is 1. The van der Waals surface area contributed by atoms with E-state index in [1.54, 1.807) is 5.56 Å². The fourth-order valence-corrected chi connectivity index (χ4v) is 4.06. The van der Waals surface area contributed by atoms with Crippen molar-refractivity contribution in [1.82, 2.24) is 5.32 Å². The summed E-state index contributed by atoms with van der Waals surface area (Å²) in [6.45, 7) is 5.67. The molecule has 98 valence electrons. The Morgan fingerprint density at radius 3 is 2.61 bits per heavy atom. The minimum atomic E-state index is 0.612. The van der Waals surface area contributed by atoms with Crippen LogP contribution in [-0.2, 0) is 0 Å². The molecule has 1 aromatic rings. The molecule has 2 saturated carbocycles. The van der Waals surface area contributed by atoms with Crippen molar-refractivity contribution < 1.29 is 0 Å². The van der Waals surface area contributed by atoms with Crippen LogP contribution in [0.1, 0.15) is 49.8 Å². The smallest absolute Gasteiger partial charge is 0.0356 e. The van der Waals surface area contributed by atoms with Gasteiger partial charge in [-0.05, 0) is 61.6 Å². The minimum absolute atomic E-state index is 0.612. The van der Waals surface area contributed by atoms with E-state index in [1.165, 1.54) is 31.2 Å². The molecule has 18 heavy (non-hydrogen) atoms. The maximum absolute atomic E-state index is 3.82. The van der Waals surface area contributed by atoms with E-state index in [0.29, 0.717) is 6.04 Å². The van der Waals surface area contributed by atoms with Crippen molar-refractivity contribution >= 4 is 0 Å². The van der Waals surface area contributed by atoms with Crippen LogP contribution in [0.25, 0.3) is 0 Å². The lowest BCUT2D eigenvalue weighted by atomic mass is 9.93. The van der Waals surface area contributed by atoms with E-state index >= 15 is 0 Å². The molecular formula is C17H25N. The maximum atomic E-state index is 3.82. The molecule has 0 amide bonds. The van der Waals surface area contributed by atoms with Crippen LogP contribution in [0.2, 0.25) is 0 Å². The molecule has 2 aliphatic carbocycles. The van der Waals surface area contributed by atoms with Crippen molar-refractivity contribution in [2.24, 2.45) is 17.8 Å². The first-order chi connectivity index (χ1) is 8.83. The second kappa shape index (κ2) is 5.05. The number of aryl methyl sites for hydroxylation is 1. The van der Waals surface area contributed by atoms with Crippen LogP contribution in [0.3, 0.4) is 0 Å². The molecule has 1 heteroatoms. The molecule has 1 aromatic carbocycles. The molecule has 0 saturated heterocycles. The monoisotopic (exact) mass is 243 g/mol. The van der Waals surface area contributed by atoms with Gasteiger partial charge in [0.05, 0.1) is 0 Å². The zero-order valence-corrected chi connectivity index (χ0v) is 11.7. The topological polar surface area (TPSA) is 12.0 Å². The standard InChI is InChI=1S/C17H25N/c1-3-11-18-17(13-8-5-4-7-12(13)2)16-14-9-6-10-15(14)16/h4-5,7-8,14-18H,3,6,9-11H2,1-2H3. The maximum Gasteiger partial charge on any atom is 0.0356 e. The summed E-state index contributed by atoms with van der Waals surface area (Å²) in [5.74, 6) is 2.98. The molecule has 0 aromatic heterocycles. The molecule has 0 radical (unpaired) electrons. The van der Waals surface area contributed by atoms with Gasteiger partial charge < -0.3 is 5.32 Å². The quantitative estimate of drug-likeness (QED) is 0.821. The molecule has 3 rings (SSSR count). The van der Waals surface area contributed by atoms with E-state index in [2.05, 4.69) is 43.4 Å². The average Bonchev–Trinajstić information content (AvgIpc) is 2.85. The van der Waals surface area contributed by atoms with Crippen LogP contribution in [0.15, 0.2) is 24.3 Å². The van der Waals surface area contributed by atoms with E-state index in [4.69, 9.17) is 0 Å². The molecule has 2 fully saturated rings. The van der Waals surface area contributed by atoms with Crippen LogP contribution in [-0.4, -0.2) is 6.54 Å². The van der Waals surface area contributed by atoms with Crippen molar-refractivity contribution in [3.63, 3.8) is 0 Å². The average molecular weight is 243 g/mol. The Morgan fingerprint density at radius 2 is 1.94 bits per heavy atom. The highest BCUT2D eigenvalue weighted by Crippen LogP contribution is 2.62. The fraction of sp³-hybridized carbons (Fsp3) is 0.647. The normalized spacial score (nSPS) is 31.1. The number of hydrogen-bond acceptors (Lipinski definition) is 1. The second-order valence-corrected chi connectivity index (χ2v) is 6.12. The van der Waals surface area contributed by atoms with Gasteiger partial charge in [0.2, 0.25) is 0 Å². The van der Waals surface area contributed by atoms with E-state index in [1.807, 2.05) is 0 Å². The molecular weight excluding hydrogens is 218 g/mol. The summed E-state index contributed by atoms with van der Waals surface area (Å²) in [7, 11) is 0. The Kier molecular flexibility index (Phi) is 3.43. The molecule has 3 atom stereocenters. The van der Waals surface area contributed by atoms with Crippen LogP contribution < -0.4 is 5.32 Å². The molecule has 0 aliphatic heterocycles. The molecule has 0 bridgehead atoms. The van der Waals surface area contributed by atoms with Crippen molar-refractivity contribution in [1.29, 1.82) is 0 Å². The molecule has 3 unspecified atom stereocenters. The number of hydrogen-bond donors (Lipinski definition) is 1. The number of benzene rings is 1. The van der Waals surface area contributed by atoms with Gasteiger partial charge in [-0.25, -0.2) is 0 Å². The Bertz CT molecular complexity index is 402. The van der Waals surface area contributed by atoms with Gasteiger partial charge in [-0.15, -0.1) is 0 Å². The van der Waals surface area contributed by atoms with Gasteiger partial charge in [0.1, 0.15) is 0 Å². The highest BCUT2D eigenvalue weighted by atomic mass is 14.9. The number of rotatable bonds is 5. The predicted molar refractivity (Wildman–Crippen MR) is 76.5 cm³/mol. The van der Waals surface area contributed by atoms with Crippen LogP contribution >= 0.6 is 0 Å². The third-order valence-corrected chi connectivity index (χ3v) is 5.00. The summed E-state index contributed by atoms with van der Waals surface area (Å²) in [5.41, 5.74) is 3.00. The van der Waals surface area contributed by atoms with Gasteiger partial charge in [-0.2, -0.15) is 0 Å². The lowest BCUT2D eigenvalue weighted by molar-refractivity contribution is 0.416. The molecule has 1 N–H and O–H groups in total. The zero-order valence-electron chi connectivity index (χ0n) is 11.7. The summed E-state index contributed by atoms with van der Waals surface area (Å²) >= 11 is 0. The highest BCUT2D eigenvalue weighted by molar-refractivity contribution is 5.31. The van der Waals surface area contributed by atoms with Gasteiger partial charge >= 0.3 is 0 Å². The van der Waals surface area contributed by atoms with E-state index in [-0.39, 0.29) is 0 Å². The lowest BCUT2D eigenvalue weighted by Crippen LogP contribution is -2.26. The summed E-state index contributed by atoms with van der Waals surface area (Å²) in [4.78, 5) is 0. The van der Waals surface area contributed by atoms with Gasteiger partial charge in [0, 0.05) is 6.04 Å². The second-order valence-electron chi connectivity index (χ2n) is 6.12. The summed E-state index contributed by atoms with van der Waals surface area (Å²) < 4.78 is 0.